The minimum atomic E-state index is 0. The molecule has 2 rings (SSSR count). The van der Waals surface area contributed by atoms with Gasteiger partial charge in [0.15, 0.2) is 5.96 Å². The molecule has 1 heterocycles. The predicted molar refractivity (Wildman–Crippen MR) is 132 cm³/mol. The van der Waals surface area contributed by atoms with E-state index in [1.807, 2.05) is 25.1 Å². The number of morpholine rings is 1. The van der Waals surface area contributed by atoms with Crippen LogP contribution in [0.5, 0.6) is 0 Å². The molecule has 0 aliphatic carbocycles. The molecule has 8 heteroatoms. The standard InChI is InChI=1S/C21H35ClN4O2.HI/c1-3-23-21(24-10-5-6-13-27-4-2)25-17-20(26-11-14-28-15-12-26)18-8-7-9-19(22)16-18;/h7-9,16,20H,3-6,10-15,17H2,1-2H3,(H2,23,24,25);1H. The van der Waals surface area contributed by atoms with Crippen LogP contribution in [0.2, 0.25) is 5.02 Å². The zero-order valence-electron chi connectivity index (χ0n) is 17.7. The van der Waals surface area contributed by atoms with Gasteiger partial charge in [0.1, 0.15) is 0 Å². The number of rotatable bonds is 11. The number of unbranched alkanes of at least 4 members (excludes halogenated alkanes) is 1. The van der Waals surface area contributed by atoms with E-state index in [4.69, 9.17) is 26.1 Å². The molecule has 166 valence electrons. The van der Waals surface area contributed by atoms with Crippen molar-refractivity contribution in [3.8, 4) is 0 Å². The van der Waals surface area contributed by atoms with Crippen LogP contribution in [-0.4, -0.2) is 70.0 Å². The van der Waals surface area contributed by atoms with Gasteiger partial charge in [0.25, 0.3) is 0 Å². The van der Waals surface area contributed by atoms with Crippen LogP contribution in [0.25, 0.3) is 0 Å². The highest BCUT2D eigenvalue weighted by Gasteiger charge is 2.22. The summed E-state index contributed by atoms with van der Waals surface area (Å²) in [5, 5.41) is 7.54. The third kappa shape index (κ3) is 10.3. The molecule has 0 saturated carbocycles. The van der Waals surface area contributed by atoms with Crippen molar-refractivity contribution in [1.29, 1.82) is 0 Å². The molecule has 1 unspecified atom stereocenters. The lowest BCUT2D eigenvalue weighted by atomic mass is 10.0. The topological polar surface area (TPSA) is 58.1 Å². The molecule has 0 aromatic heterocycles. The predicted octanol–water partition coefficient (Wildman–Crippen LogP) is 3.70. The lowest BCUT2D eigenvalue weighted by Crippen LogP contribution is -2.42. The summed E-state index contributed by atoms with van der Waals surface area (Å²) in [4.78, 5) is 7.30. The van der Waals surface area contributed by atoms with Crippen molar-refractivity contribution in [1.82, 2.24) is 15.5 Å². The third-order valence-electron chi connectivity index (χ3n) is 4.70. The van der Waals surface area contributed by atoms with Crippen molar-refractivity contribution in [3.63, 3.8) is 0 Å². The van der Waals surface area contributed by atoms with Crippen LogP contribution in [0, 0.1) is 0 Å². The Balaban J connectivity index is 0.00000420. The third-order valence-corrected chi connectivity index (χ3v) is 4.93. The average Bonchev–Trinajstić information content (AvgIpc) is 2.71. The second kappa shape index (κ2) is 16.1. The Labute approximate surface area is 197 Å². The minimum Gasteiger partial charge on any atom is -0.382 e. The van der Waals surface area contributed by atoms with Crippen LogP contribution in [-0.2, 0) is 9.47 Å². The van der Waals surface area contributed by atoms with Crippen LogP contribution in [0.3, 0.4) is 0 Å². The normalized spacial score (nSPS) is 16.2. The van der Waals surface area contributed by atoms with E-state index in [1.165, 1.54) is 5.56 Å². The fourth-order valence-corrected chi connectivity index (χ4v) is 3.43. The summed E-state index contributed by atoms with van der Waals surface area (Å²) in [6.45, 7) is 11.5. The smallest absolute Gasteiger partial charge is 0.191 e. The Bertz CT molecular complexity index is 586. The van der Waals surface area contributed by atoms with Crippen LogP contribution in [0.15, 0.2) is 29.3 Å². The zero-order chi connectivity index (χ0) is 20.0. The van der Waals surface area contributed by atoms with Crippen molar-refractivity contribution in [2.45, 2.75) is 32.7 Å². The van der Waals surface area contributed by atoms with E-state index in [2.05, 4.69) is 28.5 Å². The van der Waals surface area contributed by atoms with Crippen molar-refractivity contribution < 1.29 is 9.47 Å². The maximum absolute atomic E-state index is 6.25. The van der Waals surface area contributed by atoms with Gasteiger partial charge in [0.2, 0.25) is 0 Å². The van der Waals surface area contributed by atoms with Gasteiger partial charge in [0, 0.05) is 44.4 Å². The highest BCUT2D eigenvalue weighted by Crippen LogP contribution is 2.24. The number of aliphatic imine (C=N–C) groups is 1. The molecule has 0 amide bonds. The average molecular weight is 539 g/mol. The first-order chi connectivity index (χ1) is 13.7. The molecule has 1 fully saturated rings. The summed E-state index contributed by atoms with van der Waals surface area (Å²) in [6.07, 6.45) is 2.12. The van der Waals surface area contributed by atoms with E-state index < -0.39 is 0 Å². The SMILES string of the molecule is CCNC(=NCC(c1cccc(Cl)c1)N1CCOCC1)NCCCCOCC.I. The van der Waals surface area contributed by atoms with Crippen molar-refractivity contribution >= 4 is 41.5 Å². The monoisotopic (exact) mass is 538 g/mol. The van der Waals surface area contributed by atoms with Gasteiger partial charge < -0.3 is 20.1 Å². The number of hydrogen-bond acceptors (Lipinski definition) is 4. The van der Waals surface area contributed by atoms with Crippen LogP contribution in [0.1, 0.15) is 38.3 Å². The van der Waals surface area contributed by atoms with Crippen LogP contribution >= 0.6 is 35.6 Å². The molecule has 2 N–H and O–H groups in total. The van der Waals surface area contributed by atoms with E-state index in [0.29, 0.717) is 6.54 Å². The largest absolute Gasteiger partial charge is 0.382 e. The second-order valence-electron chi connectivity index (χ2n) is 6.77. The van der Waals surface area contributed by atoms with Gasteiger partial charge in [-0.25, -0.2) is 0 Å². The highest BCUT2D eigenvalue weighted by molar-refractivity contribution is 14.0. The summed E-state index contributed by atoms with van der Waals surface area (Å²) in [7, 11) is 0. The number of guanidine groups is 1. The molecular weight excluding hydrogens is 503 g/mol. The van der Waals surface area contributed by atoms with Gasteiger partial charge in [-0.3, -0.25) is 9.89 Å². The molecule has 1 aliphatic rings. The molecule has 0 spiro atoms. The fraction of sp³-hybridized carbons (Fsp3) is 0.667. The maximum Gasteiger partial charge on any atom is 0.191 e. The van der Waals surface area contributed by atoms with Crippen molar-refractivity contribution in [2.75, 3.05) is 59.2 Å². The van der Waals surface area contributed by atoms with Crippen molar-refractivity contribution in [2.24, 2.45) is 4.99 Å². The van der Waals surface area contributed by atoms with E-state index in [1.54, 1.807) is 0 Å². The Hall–Kier alpha value is -0.610. The van der Waals surface area contributed by atoms with Gasteiger partial charge in [-0.1, -0.05) is 23.7 Å². The molecule has 0 radical (unpaired) electrons. The highest BCUT2D eigenvalue weighted by atomic mass is 127. The lowest BCUT2D eigenvalue weighted by molar-refractivity contribution is 0.0180. The van der Waals surface area contributed by atoms with Gasteiger partial charge in [-0.05, 0) is 44.4 Å². The van der Waals surface area contributed by atoms with Crippen molar-refractivity contribution in [3.05, 3.63) is 34.9 Å². The Kier molecular flexibility index (Phi) is 14.7. The second-order valence-corrected chi connectivity index (χ2v) is 7.21. The molecule has 6 nitrogen and oxygen atoms in total. The Morgan fingerprint density at radius 2 is 2.03 bits per heavy atom. The number of halogens is 2. The molecule has 1 aromatic rings. The number of nitrogens with zero attached hydrogens (tertiary/aromatic N) is 2. The first-order valence-corrected chi connectivity index (χ1v) is 10.8. The molecular formula is C21H36ClIN4O2. The first kappa shape index (κ1) is 26.4. The van der Waals surface area contributed by atoms with E-state index in [0.717, 1.165) is 76.4 Å². The van der Waals surface area contributed by atoms with Gasteiger partial charge >= 0.3 is 0 Å². The molecule has 1 saturated heterocycles. The van der Waals surface area contributed by atoms with E-state index in [-0.39, 0.29) is 30.0 Å². The summed E-state index contributed by atoms with van der Waals surface area (Å²) in [5.74, 6) is 0.860. The lowest BCUT2D eigenvalue weighted by Gasteiger charge is -2.34. The van der Waals surface area contributed by atoms with E-state index >= 15 is 0 Å². The number of nitrogens with one attached hydrogen (secondary N) is 2. The number of ether oxygens (including phenoxy) is 2. The van der Waals surface area contributed by atoms with Gasteiger partial charge in [-0.15, -0.1) is 24.0 Å². The zero-order valence-corrected chi connectivity index (χ0v) is 20.7. The van der Waals surface area contributed by atoms with E-state index in [9.17, 15) is 0 Å². The number of benzene rings is 1. The fourth-order valence-electron chi connectivity index (χ4n) is 3.23. The summed E-state index contributed by atoms with van der Waals surface area (Å²) in [6, 6.07) is 8.30. The summed E-state index contributed by atoms with van der Waals surface area (Å²) >= 11 is 6.25. The molecule has 29 heavy (non-hydrogen) atoms. The molecule has 0 bridgehead atoms. The maximum atomic E-state index is 6.25. The Morgan fingerprint density at radius 1 is 1.24 bits per heavy atom. The van der Waals surface area contributed by atoms with Crippen LogP contribution < -0.4 is 10.6 Å². The molecule has 1 aromatic carbocycles. The minimum absolute atomic E-state index is 0. The molecule has 1 atom stereocenters. The van der Waals surface area contributed by atoms with Gasteiger partial charge in [0.05, 0.1) is 25.8 Å². The quantitative estimate of drug-likeness (QED) is 0.195. The first-order valence-electron chi connectivity index (χ1n) is 10.4. The summed E-state index contributed by atoms with van der Waals surface area (Å²) < 4.78 is 10.9. The van der Waals surface area contributed by atoms with Gasteiger partial charge in [-0.2, -0.15) is 0 Å². The number of hydrogen-bond donors (Lipinski definition) is 2. The summed E-state index contributed by atoms with van der Waals surface area (Å²) in [5.41, 5.74) is 1.20. The Morgan fingerprint density at radius 3 is 2.72 bits per heavy atom. The van der Waals surface area contributed by atoms with Crippen LogP contribution in [0.4, 0.5) is 0 Å². The molecule has 1 aliphatic heterocycles.